The highest BCUT2D eigenvalue weighted by molar-refractivity contribution is 6.33. The summed E-state index contributed by atoms with van der Waals surface area (Å²) in [5.74, 6) is 0. The summed E-state index contributed by atoms with van der Waals surface area (Å²) in [6, 6.07) is 6.34. The molecule has 1 aromatic carbocycles. The van der Waals surface area contributed by atoms with Crippen LogP contribution in [0.5, 0.6) is 0 Å². The van der Waals surface area contributed by atoms with Crippen LogP contribution < -0.4 is 10.6 Å². The minimum atomic E-state index is -0.0762. The van der Waals surface area contributed by atoms with Gasteiger partial charge in [0.25, 0.3) is 0 Å². The van der Waals surface area contributed by atoms with Crippen LogP contribution in [0.2, 0.25) is 5.02 Å². The first-order chi connectivity index (χ1) is 7.69. The lowest BCUT2D eigenvalue weighted by atomic mass is 10.1. The maximum Gasteiger partial charge on any atom is 0.0643 e. The van der Waals surface area contributed by atoms with Gasteiger partial charge in [-0.2, -0.15) is 0 Å². The predicted octanol–water partition coefficient (Wildman–Crippen LogP) is 2.89. The lowest BCUT2D eigenvalue weighted by molar-refractivity contribution is 0.740. The van der Waals surface area contributed by atoms with Gasteiger partial charge in [0, 0.05) is 18.6 Å². The van der Waals surface area contributed by atoms with Crippen LogP contribution >= 0.6 is 11.6 Å². The third-order valence-corrected chi connectivity index (χ3v) is 4.06. The Bertz CT molecular complexity index is 406. The maximum absolute atomic E-state index is 6.35. The zero-order valence-corrected chi connectivity index (χ0v) is 10.1. The molecule has 2 fully saturated rings. The van der Waals surface area contributed by atoms with Crippen LogP contribution in [0.25, 0.3) is 0 Å². The molecule has 0 unspecified atom stereocenters. The molecule has 1 heterocycles. The molecular weight excluding hydrogens is 220 g/mol. The smallest absolute Gasteiger partial charge is 0.0643 e. The van der Waals surface area contributed by atoms with Gasteiger partial charge in [-0.05, 0) is 43.4 Å². The van der Waals surface area contributed by atoms with E-state index in [1.54, 1.807) is 0 Å². The van der Waals surface area contributed by atoms with Gasteiger partial charge in [0.1, 0.15) is 0 Å². The van der Waals surface area contributed by atoms with Gasteiger partial charge in [-0.3, -0.25) is 0 Å². The summed E-state index contributed by atoms with van der Waals surface area (Å²) in [5.41, 5.74) is 8.46. The topological polar surface area (TPSA) is 29.3 Å². The van der Waals surface area contributed by atoms with Crippen molar-refractivity contribution in [1.82, 2.24) is 0 Å². The summed E-state index contributed by atoms with van der Waals surface area (Å²) in [6.45, 7) is 2.26. The second-order valence-electron chi connectivity index (χ2n) is 5.02. The number of nitrogens with zero attached hydrogens (tertiary/aromatic N) is 1. The molecule has 0 amide bonds. The highest BCUT2D eigenvalue weighted by Crippen LogP contribution is 2.44. The van der Waals surface area contributed by atoms with E-state index < -0.39 is 0 Å². The van der Waals surface area contributed by atoms with Crippen molar-refractivity contribution in [2.24, 2.45) is 5.73 Å². The Morgan fingerprint density at radius 2 is 1.88 bits per heavy atom. The van der Waals surface area contributed by atoms with E-state index in [0.717, 1.165) is 31.0 Å². The fourth-order valence-corrected chi connectivity index (χ4v) is 2.75. The van der Waals surface area contributed by atoms with Crippen molar-refractivity contribution in [3.8, 4) is 0 Å². The van der Waals surface area contributed by atoms with Crippen molar-refractivity contribution in [2.45, 2.75) is 31.2 Å². The van der Waals surface area contributed by atoms with Crippen molar-refractivity contribution in [3.63, 3.8) is 0 Å². The van der Waals surface area contributed by atoms with Gasteiger partial charge in [-0.15, -0.1) is 0 Å². The summed E-state index contributed by atoms with van der Waals surface area (Å²) in [5, 5.41) is 0.858. The second-order valence-corrected chi connectivity index (χ2v) is 5.42. The van der Waals surface area contributed by atoms with Gasteiger partial charge >= 0.3 is 0 Å². The van der Waals surface area contributed by atoms with E-state index in [4.69, 9.17) is 17.3 Å². The summed E-state index contributed by atoms with van der Waals surface area (Å²) < 4.78 is 0. The average Bonchev–Trinajstić information content (AvgIpc) is 2.82. The third-order valence-electron chi connectivity index (χ3n) is 3.76. The standard InChI is InChI=1S/C13H17ClN2/c14-11-9-10(13(15)5-6-13)3-4-12(11)16-7-1-2-8-16/h3-4,9H,1-2,5-8,15H2. The van der Waals surface area contributed by atoms with E-state index in [-0.39, 0.29) is 5.54 Å². The molecule has 2 N–H and O–H groups in total. The predicted molar refractivity (Wildman–Crippen MR) is 68.0 cm³/mol. The fourth-order valence-electron chi connectivity index (χ4n) is 2.45. The molecule has 1 aromatic rings. The number of benzene rings is 1. The van der Waals surface area contributed by atoms with Crippen molar-refractivity contribution in [2.75, 3.05) is 18.0 Å². The average molecular weight is 237 g/mol. The molecule has 86 valence electrons. The van der Waals surface area contributed by atoms with Gasteiger partial charge in [-0.1, -0.05) is 17.7 Å². The summed E-state index contributed by atoms with van der Waals surface area (Å²) in [6.07, 6.45) is 4.73. The maximum atomic E-state index is 6.35. The van der Waals surface area contributed by atoms with Gasteiger partial charge in [0.05, 0.1) is 10.7 Å². The molecule has 1 aliphatic heterocycles. The minimum absolute atomic E-state index is 0.0762. The van der Waals surface area contributed by atoms with Gasteiger partial charge in [-0.25, -0.2) is 0 Å². The first-order valence-corrected chi connectivity index (χ1v) is 6.41. The molecule has 0 spiro atoms. The highest BCUT2D eigenvalue weighted by atomic mass is 35.5. The molecule has 1 saturated carbocycles. The first-order valence-electron chi connectivity index (χ1n) is 6.03. The van der Waals surface area contributed by atoms with Gasteiger partial charge < -0.3 is 10.6 Å². The zero-order chi connectivity index (χ0) is 11.2. The second kappa shape index (κ2) is 3.64. The molecule has 16 heavy (non-hydrogen) atoms. The van der Waals surface area contributed by atoms with Crippen molar-refractivity contribution >= 4 is 17.3 Å². The first kappa shape index (κ1) is 10.4. The molecule has 3 rings (SSSR count). The Hall–Kier alpha value is -0.730. The van der Waals surface area contributed by atoms with E-state index in [1.807, 2.05) is 0 Å². The Kier molecular flexibility index (Phi) is 2.37. The van der Waals surface area contributed by atoms with Crippen LogP contribution in [-0.4, -0.2) is 13.1 Å². The molecular formula is C13H17ClN2. The van der Waals surface area contributed by atoms with Gasteiger partial charge in [0.2, 0.25) is 0 Å². The summed E-state index contributed by atoms with van der Waals surface area (Å²) >= 11 is 6.35. The largest absolute Gasteiger partial charge is 0.370 e. The molecule has 3 heteroatoms. The highest BCUT2D eigenvalue weighted by Gasteiger charge is 2.40. The molecule has 2 nitrogen and oxygen atoms in total. The van der Waals surface area contributed by atoms with E-state index in [9.17, 15) is 0 Å². The fraction of sp³-hybridized carbons (Fsp3) is 0.538. The number of rotatable bonds is 2. The number of hydrogen-bond acceptors (Lipinski definition) is 2. The molecule has 0 atom stereocenters. The van der Waals surface area contributed by atoms with Crippen LogP contribution in [0.3, 0.4) is 0 Å². The molecule has 0 bridgehead atoms. The van der Waals surface area contributed by atoms with E-state index in [1.165, 1.54) is 24.1 Å². The van der Waals surface area contributed by atoms with Crippen molar-refractivity contribution in [1.29, 1.82) is 0 Å². The zero-order valence-electron chi connectivity index (χ0n) is 9.38. The Morgan fingerprint density at radius 1 is 1.19 bits per heavy atom. The quantitative estimate of drug-likeness (QED) is 0.856. The molecule has 1 saturated heterocycles. The molecule has 2 aliphatic rings. The monoisotopic (exact) mass is 236 g/mol. The lowest BCUT2D eigenvalue weighted by Gasteiger charge is -2.20. The Morgan fingerprint density at radius 3 is 2.44 bits per heavy atom. The lowest BCUT2D eigenvalue weighted by Crippen LogP contribution is -2.20. The van der Waals surface area contributed by atoms with E-state index in [0.29, 0.717) is 0 Å². The minimum Gasteiger partial charge on any atom is -0.370 e. The summed E-state index contributed by atoms with van der Waals surface area (Å²) in [4.78, 5) is 2.36. The molecule has 0 aromatic heterocycles. The van der Waals surface area contributed by atoms with Gasteiger partial charge in [0.15, 0.2) is 0 Å². The van der Waals surface area contributed by atoms with Crippen LogP contribution in [0.15, 0.2) is 18.2 Å². The SMILES string of the molecule is NC1(c2ccc(N3CCCC3)c(Cl)c2)CC1. The number of nitrogens with two attached hydrogens (primary N) is 1. The molecule has 1 aliphatic carbocycles. The third kappa shape index (κ3) is 1.70. The Balaban J connectivity index is 1.90. The van der Waals surface area contributed by atoms with E-state index >= 15 is 0 Å². The summed E-state index contributed by atoms with van der Waals surface area (Å²) in [7, 11) is 0. The van der Waals surface area contributed by atoms with Crippen molar-refractivity contribution in [3.05, 3.63) is 28.8 Å². The van der Waals surface area contributed by atoms with E-state index in [2.05, 4.69) is 23.1 Å². The van der Waals surface area contributed by atoms with Crippen LogP contribution in [-0.2, 0) is 5.54 Å². The molecule has 0 radical (unpaired) electrons. The normalized spacial score (nSPS) is 22.5. The number of halogens is 1. The van der Waals surface area contributed by atoms with Crippen LogP contribution in [0, 0.1) is 0 Å². The van der Waals surface area contributed by atoms with Crippen molar-refractivity contribution < 1.29 is 0 Å². The van der Waals surface area contributed by atoms with Crippen LogP contribution in [0.4, 0.5) is 5.69 Å². The Labute approximate surface area is 101 Å². The number of hydrogen-bond donors (Lipinski definition) is 1. The number of anilines is 1. The van der Waals surface area contributed by atoms with Crippen LogP contribution in [0.1, 0.15) is 31.2 Å².